The van der Waals surface area contributed by atoms with Crippen molar-refractivity contribution in [3.8, 4) is 0 Å². The molecule has 2 fully saturated rings. The van der Waals surface area contributed by atoms with Crippen LogP contribution in [0.1, 0.15) is 33.1 Å². The van der Waals surface area contributed by atoms with E-state index in [-0.39, 0.29) is 22.3 Å². The average Bonchev–Trinajstić information content (AvgIpc) is 2.64. The maximum absolute atomic E-state index is 12.0. The Hall–Kier alpha value is -0.620. The predicted molar refractivity (Wildman–Crippen MR) is 74.7 cm³/mol. The zero-order valence-corrected chi connectivity index (χ0v) is 12.6. The van der Waals surface area contributed by atoms with Gasteiger partial charge in [0.15, 0.2) is 9.84 Å². The first-order chi connectivity index (χ1) is 8.85. The SMILES string of the molecule is CC(C)S(=O)(=O)CCN1CC2(CCNCC2)CC1=O. The summed E-state index contributed by atoms with van der Waals surface area (Å²) in [4.78, 5) is 13.8. The standard InChI is InChI=1S/C13H24N2O3S/c1-11(2)19(17,18)8-7-15-10-13(9-12(15)16)3-5-14-6-4-13/h11,14H,3-10H2,1-2H3. The fraction of sp³-hybridized carbons (Fsp3) is 0.923. The quantitative estimate of drug-likeness (QED) is 0.814. The molecule has 0 radical (unpaired) electrons. The minimum absolute atomic E-state index is 0.0880. The maximum atomic E-state index is 12.0. The fourth-order valence-electron chi connectivity index (χ4n) is 2.95. The van der Waals surface area contributed by atoms with Gasteiger partial charge < -0.3 is 10.2 Å². The topological polar surface area (TPSA) is 66.5 Å². The molecular weight excluding hydrogens is 264 g/mol. The number of nitrogens with one attached hydrogen (secondary N) is 1. The molecule has 2 saturated heterocycles. The summed E-state index contributed by atoms with van der Waals surface area (Å²) in [6, 6.07) is 0. The molecule has 6 heteroatoms. The van der Waals surface area contributed by atoms with Gasteiger partial charge in [-0.1, -0.05) is 0 Å². The summed E-state index contributed by atoms with van der Waals surface area (Å²) in [6.45, 7) is 6.40. The number of nitrogens with zero attached hydrogens (tertiary/aromatic N) is 1. The Morgan fingerprint density at radius 3 is 2.53 bits per heavy atom. The Morgan fingerprint density at radius 1 is 1.32 bits per heavy atom. The molecule has 0 atom stereocenters. The van der Waals surface area contributed by atoms with Crippen LogP contribution in [0.4, 0.5) is 0 Å². The summed E-state index contributed by atoms with van der Waals surface area (Å²) >= 11 is 0. The van der Waals surface area contributed by atoms with Crippen LogP contribution in [-0.4, -0.2) is 56.4 Å². The summed E-state index contributed by atoms with van der Waals surface area (Å²) in [5.74, 6) is 0.214. The number of hydrogen-bond donors (Lipinski definition) is 1. The average molecular weight is 288 g/mol. The molecule has 0 aromatic rings. The third-order valence-corrected chi connectivity index (χ3v) is 6.62. The highest BCUT2D eigenvalue weighted by molar-refractivity contribution is 7.92. The van der Waals surface area contributed by atoms with E-state index in [4.69, 9.17) is 0 Å². The molecule has 0 aromatic carbocycles. The van der Waals surface area contributed by atoms with Crippen LogP contribution in [0.3, 0.4) is 0 Å². The molecular formula is C13H24N2O3S. The molecule has 0 aliphatic carbocycles. The lowest BCUT2D eigenvalue weighted by atomic mass is 9.78. The molecule has 1 spiro atoms. The molecule has 2 rings (SSSR count). The Balaban J connectivity index is 1.94. The lowest BCUT2D eigenvalue weighted by molar-refractivity contribution is -0.127. The van der Waals surface area contributed by atoms with E-state index in [9.17, 15) is 13.2 Å². The van der Waals surface area contributed by atoms with Crippen molar-refractivity contribution in [3.63, 3.8) is 0 Å². The van der Waals surface area contributed by atoms with Gasteiger partial charge in [0.05, 0.1) is 11.0 Å². The zero-order valence-electron chi connectivity index (χ0n) is 11.8. The summed E-state index contributed by atoms with van der Waals surface area (Å²) in [6.07, 6.45) is 2.63. The maximum Gasteiger partial charge on any atom is 0.223 e. The molecule has 2 aliphatic rings. The van der Waals surface area contributed by atoms with Crippen molar-refractivity contribution in [3.05, 3.63) is 0 Å². The summed E-state index contributed by atoms with van der Waals surface area (Å²) in [5.41, 5.74) is 0.101. The van der Waals surface area contributed by atoms with E-state index in [0.29, 0.717) is 13.0 Å². The summed E-state index contributed by atoms with van der Waals surface area (Å²) in [5, 5.41) is 2.95. The second-order valence-electron chi connectivity index (χ2n) is 6.16. The first-order valence-electron chi connectivity index (χ1n) is 7.05. The number of amides is 1. The third-order valence-electron chi connectivity index (χ3n) is 4.43. The number of likely N-dealkylation sites (tertiary alicyclic amines) is 1. The number of piperidine rings is 1. The van der Waals surface area contributed by atoms with Gasteiger partial charge in [0.2, 0.25) is 5.91 Å². The van der Waals surface area contributed by atoms with Crippen molar-refractivity contribution >= 4 is 15.7 Å². The van der Waals surface area contributed by atoms with Gasteiger partial charge in [0.25, 0.3) is 0 Å². The van der Waals surface area contributed by atoms with Crippen molar-refractivity contribution in [1.82, 2.24) is 10.2 Å². The van der Waals surface area contributed by atoms with Crippen LogP contribution in [-0.2, 0) is 14.6 Å². The van der Waals surface area contributed by atoms with Crippen molar-refractivity contribution in [1.29, 1.82) is 0 Å². The number of hydrogen-bond acceptors (Lipinski definition) is 4. The van der Waals surface area contributed by atoms with Crippen LogP contribution in [0, 0.1) is 5.41 Å². The first-order valence-corrected chi connectivity index (χ1v) is 8.76. The van der Waals surface area contributed by atoms with Crippen LogP contribution in [0.25, 0.3) is 0 Å². The molecule has 2 aliphatic heterocycles. The minimum atomic E-state index is -3.06. The van der Waals surface area contributed by atoms with Gasteiger partial charge in [-0.25, -0.2) is 8.42 Å². The Kier molecular flexibility index (Phi) is 4.20. The monoisotopic (exact) mass is 288 g/mol. The number of carbonyl (C=O) groups excluding carboxylic acids is 1. The van der Waals surface area contributed by atoms with E-state index in [1.54, 1.807) is 18.7 Å². The van der Waals surface area contributed by atoms with E-state index in [0.717, 1.165) is 32.5 Å². The summed E-state index contributed by atoms with van der Waals surface area (Å²) in [7, 11) is -3.06. The molecule has 110 valence electrons. The van der Waals surface area contributed by atoms with Crippen molar-refractivity contribution in [2.45, 2.75) is 38.4 Å². The predicted octanol–water partition coefficient (Wildman–Crippen LogP) is 0.412. The second-order valence-corrected chi connectivity index (χ2v) is 8.83. The highest BCUT2D eigenvalue weighted by Crippen LogP contribution is 2.39. The molecule has 1 amide bonds. The molecule has 19 heavy (non-hydrogen) atoms. The van der Waals surface area contributed by atoms with E-state index < -0.39 is 9.84 Å². The molecule has 0 unspecified atom stereocenters. The van der Waals surface area contributed by atoms with Gasteiger partial charge in [-0.2, -0.15) is 0 Å². The lowest BCUT2D eigenvalue weighted by Crippen LogP contribution is -2.39. The van der Waals surface area contributed by atoms with Crippen molar-refractivity contribution in [2.24, 2.45) is 5.41 Å². The molecule has 0 aromatic heterocycles. The highest BCUT2D eigenvalue weighted by Gasteiger charge is 2.43. The third kappa shape index (κ3) is 3.28. The van der Waals surface area contributed by atoms with Crippen LogP contribution in [0.15, 0.2) is 0 Å². The molecule has 1 N–H and O–H groups in total. The van der Waals surface area contributed by atoms with Crippen LogP contribution < -0.4 is 5.32 Å². The van der Waals surface area contributed by atoms with Crippen molar-refractivity contribution < 1.29 is 13.2 Å². The molecule has 0 saturated carbocycles. The van der Waals surface area contributed by atoms with Gasteiger partial charge in [-0.15, -0.1) is 0 Å². The normalized spacial score (nSPS) is 23.5. The van der Waals surface area contributed by atoms with Crippen LogP contribution in [0.5, 0.6) is 0 Å². The van der Waals surface area contributed by atoms with E-state index >= 15 is 0 Å². The number of rotatable bonds is 4. The second kappa shape index (κ2) is 5.40. The highest BCUT2D eigenvalue weighted by atomic mass is 32.2. The fourth-order valence-corrected chi connectivity index (χ4v) is 3.90. The van der Waals surface area contributed by atoms with Gasteiger partial charge >= 0.3 is 0 Å². The van der Waals surface area contributed by atoms with E-state index in [1.807, 2.05) is 0 Å². The smallest absolute Gasteiger partial charge is 0.223 e. The molecule has 0 bridgehead atoms. The zero-order chi connectivity index (χ0) is 14.1. The molecule has 2 heterocycles. The van der Waals surface area contributed by atoms with Crippen molar-refractivity contribution in [2.75, 3.05) is 31.9 Å². The minimum Gasteiger partial charge on any atom is -0.341 e. The van der Waals surface area contributed by atoms with Gasteiger partial charge in [-0.05, 0) is 45.2 Å². The Morgan fingerprint density at radius 2 is 1.95 bits per heavy atom. The van der Waals surface area contributed by atoms with Gasteiger partial charge in [0, 0.05) is 19.5 Å². The molecule has 5 nitrogen and oxygen atoms in total. The first kappa shape index (κ1) is 14.8. The summed E-state index contributed by atoms with van der Waals surface area (Å²) < 4.78 is 23.6. The number of sulfone groups is 1. The lowest BCUT2D eigenvalue weighted by Gasteiger charge is -2.33. The van der Waals surface area contributed by atoms with Crippen LogP contribution >= 0.6 is 0 Å². The van der Waals surface area contributed by atoms with E-state index in [2.05, 4.69) is 5.32 Å². The Labute approximate surface area is 115 Å². The van der Waals surface area contributed by atoms with Gasteiger partial charge in [0.1, 0.15) is 0 Å². The Bertz CT molecular complexity index is 439. The van der Waals surface area contributed by atoms with Crippen LogP contribution in [0.2, 0.25) is 0 Å². The van der Waals surface area contributed by atoms with E-state index in [1.165, 1.54) is 0 Å². The van der Waals surface area contributed by atoms with Gasteiger partial charge in [-0.3, -0.25) is 4.79 Å². The largest absolute Gasteiger partial charge is 0.341 e. The number of carbonyl (C=O) groups is 1.